The van der Waals surface area contributed by atoms with Crippen molar-refractivity contribution < 1.29 is 19.1 Å². The van der Waals surface area contributed by atoms with E-state index in [9.17, 15) is 9.59 Å². The van der Waals surface area contributed by atoms with Gasteiger partial charge in [-0.1, -0.05) is 42.5 Å². The van der Waals surface area contributed by atoms with Crippen molar-refractivity contribution in [1.29, 1.82) is 0 Å². The Balaban J connectivity index is 2.47. The molecule has 1 fully saturated rings. The smallest absolute Gasteiger partial charge is 0.316 e. The number of methoxy groups -OCH3 is 2. The number of esters is 2. The van der Waals surface area contributed by atoms with Gasteiger partial charge in [0.05, 0.1) is 25.6 Å². The van der Waals surface area contributed by atoms with Crippen molar-refractivity contribution in [2.24, 2.45) is 5.92 Å². The van der Waals surface area contributed by atoms with Crippen LogP contribution in [0.4, 0.5) is 0 Å². The molecule has 0 aliphatic heterocycles. The second-order valence-electron chi connectivity index (χ2n) is 5.49. The predicted molar refractivity (Wildman–Crippen MR) is 78.6 cm³/mol. The predicted octanol–water partition coefficient (Wildman–Crippen LogP) is 2.63. The molecule has 2 rings (SSSR count). The van der Waals surface area contributed by atoms with E-state index >= 15 is 0 Å². The van der Waals surface area contributed by atoms with Gasteiger partial charge in [-0.15, -0.1) is 0 Å². The van der Waals surface area contributed by atoms with E-state index in [2.05, 4.69) is 6.58 Å². The Hall–Kier alpha value is -2.10. The van der Waals surface area contributed by atoms with Crippen molar-refractivity contribution in [3.63, 3.8) is 0 Å². The van der Waals surface area contributed by atoms with Gasteiger partial charge in [-0.3, -0.25) is 9.59 Å². The molecular weight excluding hydrogens is 268 g/mol. The van der Waals surface area contributed by atoms with Gasteiger partial charge in [-0.05, 0) is 24.8 Å². The summed E-state index contributed by atoms with van der Waals surface area (Å²) in [6.07, 6.45) is 1.44. The average Bonchev–Trinajstić information content (AvgIpc) is 2.53. The summed E-state index contributed by atoms with van der Waals surface area (Å²) in [5.74, 6) is -1.00. The fourth-order valence-electron chi connectivity index (χ4n) is 3.19. The first-order valence-corrected chi connectivity index (χ1v) is 6.92. The van der Waals surface area contributed by atoms with Crippen molar-refractivity contribution in [1.82, 2.24) is 0 Å². The number of ether oxygens (including phenoxy) is 2. The van der Waals surface area contributed by atoms with E-state index in [1.54, 1.807) is 0 Å². The Labute approximate surface area is 124 Å². The Morgan fingerprint density at radius 1 is 1.19 bits per heavy atom. The minimum absolute atomic E-state index is 0.306. The second kappa shape index (κ2) is 6.12. The Morgan fingerprint density at radius 3 is 2.43 bits per heavy atom. The van der Waals surface area contributed by atoms with Crippen LogP contribution < -0.4 is 0 Å². The van der Waals surface area contributed by atoms with E-state index in [1.165, 1.54) is 14.2 Å². The average molecular weight is 288 g/mol. The molecule has 1 aliphatic carbocycles. The number of rotatable bonds is 3. The molecule has 1 saturated carbocycles. The van der Waals surface area contributed by atoms with Crippen molar-refractivity contribution in [3.05, 3.63) is 48.0 Å². The lowest BCUT2D eigenvalue weighted by atomic mass is 9.64. The standard InChI is InChI=1S/C17H20O4/c1-12-9-13(15(18)20-2)11-17(10-12,16(19)21-3)14-7-5-4-6-8-14/h4-8,13H,1,9-11H2,2-3H3/t13-,17-/m1/s1. The van der Waals surface area contributed by atoms with Crippen LogP contribution in [-0.4, -0.2) is 26.2 Å². The van der Waals surface area contributed by atoms with Crippen LogP contribution in [0.5, 0.6) is 0 Å². The summed E-state index contributed by atoms with van der Waals surface area (Å²) in [5.41, 5.74) is 0.863. The molecule has 2 atom stereocenters. The number of carbonyl (C=O) groups is 2. The van der Waals surface area contributed by atoms with Gasteiger partial charge in [-0.2, -0.15) is 0 Å². The van der Waals surface area contributed by atoms with Crippen LogP contribution in [0.15, 0.2) is 42.5 Å². The quantitative estimate of drug-likeness (QED) is 0.634. The maximum Gasteiger partial charge on any atom is 0.316 e. The number of allylic oxidation sites excluding steroid dienone is 1. The summed E-state index contributed by atoms with van der Waals surface area (Å²) >= 11 is 0. The largest absolute Gasteiger partial charge is 0.469 e. The molecule has 0 heterocycles. The zero-order chi connectivity index (χ0) is 15.5. The van der Waals surface area contributed by atoms with Crippen molar-refractivity contribution in [2.75, 3.05) is 14.2 Å². The van der Waals surface area contributed by atoms with Crippen LogP contribution >= 0.6 is 0 Å². The molecule has 0 bridgehead atoms. The highest BCUT2D eigenvalue weighted by molar-refractivity contribution is 5.85. The molecule has 1 aromatic carbocycles. The van der Waals surface area contributed by atoms with Crippen LogP contribution in [0, 0.1) is 5.92 Å². The summed E-state index contributed by atoms with van der Waals surface area (Å²) in [7, 11) is 2.74. The maximum absolute atomic E-state index is 12.5. The molecule has 0 N–H and O–H groups in total. The van der Waals surface area contributed by atoms with Crippen LogP contribution in [0.3, 0.4) is 0 Å². The lowest BCUT2D eigenvalue weighted by molar-refractivity contribution is -0.152. The van der Waals surface area contributed by atoms with Gasteiger partial charge in [0.15, 0.2) is 0 Å². The number of hydrogen-bond acceptors (Lipinski definition) is 4. The first-order chi connectivity index (χ1) is 10.0. The van der Waals surface area contributed by atoms with E-state index in [0.717, 1.165) is 11.1 Å². The molecule has 21 heavy (non-hydrogen) atoms. The Bertz CT molecular complexity index is 549. The van der Waals surface area contributed by atoms with Gasteiger partial charge in [-0.25, -0.2) is 0 Å². The molecule has 4 nitrogen and oxygen atoms in total. The van der Waals surface area contributed by atoms with Gasteiger partial charge in [0.1, 0.15) is 0 Å². The van der Waals surface area contributed by atoms with E-state index in [4.69, 9.17) is 9.47 Å². The van der Waals surface area contributed by atoms with E-state index in [-0.39, 0.29) is 17.9 Å². The van der Waals surface area contributed by atoms with E-state index in [1.807, 2.05) is 30.3 Å². The molecule has 0 unspecified atom stereocenters. The fourth-order valence-corrected chi connectivity index (χ4v) is 3.19. The number of benzene rings is 1. The third-order valence-corrected chi connectivity index (χ3v) is 4.12. The Morgan fingerprint density at radius 2 is 1.86 bits per heavy atom. The normalized spacial score (nSPS) is 25.2. The molecule has 112 valence electrons. The van der Waals surface area contributed by atoms with E-state index < -0.39 is 5.41 Å². The van der Waals surface area contributed by atoms with Crippen LogP contribution in [0.25, 0.3) is 0 Å². The fraction of sp³-hybridized carbons (Fsp3) is 0.412. The highest BCUT2D eigenvalue weighted by atomic mass is 16.5. The lowest BCUT2D eigenvalue weighted by Gasteiger charge is -2.39. The first kappa shape index (κ1) is 15.3. The summed E-state index contributed by atoms with van der Waals surface area (Å²) < 4.78 is 9.87. The molecule has 0 radical (unpaired) electrons. The third-order valence-electron chi connectivity index (χ3n) is 4.12. The summed E-state index contributed by atoms with van der Waals surface area (Å²) in [6, 6.07) is 9.44. The second-order valence-corrected chi connectivity index (χ2v) is 5.49. The summed E-state index contributed by atoms with van der Waals surface area (Å²) in [5, 5.41) is 0. The third kappa shape index (κ3) is 2.84. The monoisotopic (exact) mass is 288 g/mol. The highest BCUT2D eigenvalue weighted by Gasteiger charge is 2.48. The van der Waals surface area contributed by atoms with Crippen LogP contribution in [0.2, 0.25) is 0 Å². The number of hydrogen-bond donors (Lipinski definition) is 0. The molecular formula is C17H20O4. The molecule has 0 saturated heterocycles. The minimum atomic E-state index is -0.857. The minimum Gasteiger partial charge on any atom is -0.469 e. The van der Waals surface area contributed by atoms with E-state index in [0.29, 0.717) is 19.3 Å². The Kier molecular flexibility index (Phi) is 4.46. The molecule has 0 spiro atoms. The lowest BCUT2D eigenvalue weighted by Crippen LogP contribution is -2.44. The van der Waals surface area contributed by atoms with Crippen molar-refractivity contribution in [2.45, 2.75) is 24.7 Å². The van der Waals surface area contributed by atoms with Crippen LogP contribution in [0.1, 0.15) is 24.8 Å². The maximum atomic E-state index is 12.5. The van der Waals surface area contributed by atoms with Gasteiger partial charge in [0, 0.05) is 0 Å². The van der Waals surface area contributed by atoms with Gasteiger partial charge in [0.25, 0.3) is 0 Å². The molecule has 0 aromatic heterocycles. The van der Waals surface area contributed by atoms with Crippen LogP contribution in [-0.2, 0) is 24.5 Å². The van der Waals surface area contributed by atoms with Gasteiger partial charge < -0.3 is 9.47 Å². The molecule has 0 amide bonds. The first-order valence-electron chi connectivity index (χ1n) is 6.92. The SMILES string of the molecule is C=C1C[C@@H](C(=O)OC)C[C@@](C(=O)OC)(c2ccccc2)C1. The summed E-state index contributed by atoms with van der Waals surface area (Å²) in [4.78, 5) is 24.4. The zero-order valence-corrected chi connectivity index (χ0v) is 12.4. The van der Waals surface area contributed by atoms with Crippen molar-refractivity contribution >= 4 is 11.9 Å². The van der Waals surface area contributed by atoms with Crippen molar-refractivity contribution in [3.8, 4) is 0 Å². The molecule has 4 heteroatoms. The highest BCUT2D eigenvalue weighted by Crippen LogP contribution is 2.45. The number of carbonyl (C=O) groups excluding carboxylic acids is 2. The molecule has 1 aromatic rings. The van der Waals surface area contributed by atoms with Gasteiger partial charge in [0.2, 0.25) is 0 Å². The summed E-state index contributed by atoms with van der Waals surface area (Å²) in [6.45, 7) is 4.00. The molecule has 1 aliphatic rings. The zero-order valence-electron chi connectivity index (χ0n) is 12.4. The van der Waals surface area contributed by atoms with Gasteiger partial charge >= 0.3 is 11.9 Å². The topological polar surface area (TPSA) is 52.6 Å².